The second-order valence-corrected chi connectivity index (χ2v) is 4.57. The second kappa shape index (κ2) is 3.04. The molecule has 3 nitrogen and oxygen atoms in total. The fourth-order valence-electron chi connectivity index (χ4n) is 2.96. The number of nitrogens with one attached hydrogen (secondary N) is 1. The molecule has 0 radical (unpaired) electrons. The molecule has 0 amide bonds. The van der Waals surface area contributed by atoms with Crippen LogP contribution in [-0.4, -0.2) is 22.7 Å². The minimum Gasteiger partial charge on any atom is -0.350 e. The topological polar surface area (TPSA) is 52.5 Å². The first-order chi connectivity index (χ1) is 7.18. The normalized spacial score (nSPS) is 40.9. The van der Waals surface area contributed by atoms with E-state index < -0.39 is 5.91 Å². The SMILES string of the molecule is OC1(O)NCC2C1=CCC1C=CC=CC12. The van der Waals surface area contributed by atoms with Gasteiger partial charge in [-0.05, 0) is 18.3 Å². The molecular weight excluding hydrogens is 190 g/mol. The summed E-state index contributed by atoms with van der Waals surface area (Å²) in [6, 6.07) is 0. The Labute approximate surface area is 88.8 Å². The van der Waals surface area contributed by atoms with E-state index in [9.17, 15) is 10.2 Å². The molecule has 1 aliphatic heterocycles. The van der Waals surface area contributed by atoms with Gasteiger partial charge in [-0.15, -0.1) is 0 Å². The van der Waals surface area contributed by atoms with Crippen molar-refractivity contribution in [2.24, 2.45) is 17.8 Å². The average Bonchev–Trinajstić information content (AvgIpc) is 2.55. The summed E-state index contributed by atoms with van der Waals surface area (Å²) in [6.45, 7) is 0.651. The second-order valence-electron chi connectivity index (χ2n) is 4.57. The maximum absolute atomic E-state index is 9.71. The third kappa shape index (κ3) is 1.31. The van der Waals surface area contributed by atoms with Crippen molar-refractivity contribution in [2.75, 3.05) is 6.54 Å². The molecule has 3 atom stereocenters. The molecule has 3 N–H and O–H groups in total. The van der Waals surface area contributed by atoms with Crippen LogP contribution in [0.4, 0.5) is 0 Å². The van der Waals surface area contributed by atoms with E-state index in [2.05, 4.69) is 29.6 Å². The first kappa shape index (κ1) is 9.33. The molecule has 0 aromatic heterocycles. The summed E-state index contributed by atoms with van der Waals surface area (Å²) in [4.78, 5) is 0. The Bertz CT molecular complexity index is 368. The van der Waals surface area contributed by atoms with Crippen LogP contribution in [0.1, 0.15) is 6.42 Å². The highest BCUT2D eigenvalue weighted by atomic mass is 16.5. The van der Waals surface area contributed by atoms with E-state index in [0.29, 0.717) is 18.4 Å². The summed E-state index contributed by atoms with van der Waals surface area (Å²) < 4.78 is 0. The number of hydrogen-bond acceptors (Lipinski definition) is 3. The highest BCUT2D eigenvalue weighted by Crippen LogP contribution is 2.43. The summed E-state index contributed by atoms with van der Waals surface area (Å²) in [5.74, 6) is -0.590. The molecule has 3 heteroatoms. The summed E-state index contributed by atoms with van der Waals surface area (Å²) in [6.07, 6.45) is 11.4. The van der Waals surface area contributed by atoms with E-state index in [0.717, 1.165) is 12.0 Å². The van der Waals surface area contributed by atoms with E-state index in [-0.39, 0.29) is 5.92 Å². The zero-order valence-electron chi connectivity index (χ0n) is 8.43. The number of aliphatic hydroxyl groups is 2. The Hall–Kier alpha value is -0.900. The van der Waals surface area contributed by atoms with Crippen LogP contribution in [0, 0.1) is 17.8 Å². The molecule has 2 aliphatic carbocycles. The van der Waals surface area contributed by atoms with Crippen molar-refractivity contribution in [1.29, 1.82) is 0 Å². The van der Waals surface area contributed by atoms with Crippen molar-refractivity contribution >= 4 is 0 Å². The lowest BCUT2D eigenvalue weighted by molar-refractivity contribution is -0.141. The zero-order chi connectivity index (χ0) is 10.5. The van der Waals surface area contributed by atoms with Gasteiger partial charge in [0.05, 0.1) is 0 Å². The minimum atomic E-state index is -1.77. The molecule has 3 rings (SSSR count). The van der Waals surface area contributed by atoms with Gasteiger partial charge < -0.3 is 10.2 Å². The van der Waals surface area contributed by atoms with Crippen molar-refractivity contribution < 1.29 is 10.2 Å². The van der Waals surface area contributed by atoms with Crippen LogP contribution in [0.3, 0.4) is 0 Å². The lowest BCUT2D eigenvalue weighted by atomic mass is 9.71. The summed E-state index contributed by atoms with van der Waals surface area (Å²) in [5, 5.41) is 22.2. The van der Waals surface area contributed by atoms with Crippen molar-refractivity contribution in [3.63, 3.8) is 0 Å². The van der Waals surface area contributed by atoms with E-state index >= 15 is 0 Å². The van der Waals surface area contributed by atoms with Crippen LogP contribution >= 0.6 is 0 Å². The van der Waals surface area contributed by atoms with Gasteiger partial charge in [-0.2, -0.15) is 0 Å². The minimum absolute atomic E-state index is 0.236. The zero-order valence-corrected chi connectivity index (χ0v) is 8.43. The first-order valence-corrected chi connectivity index (χ1v) is 5.44. The Balaban J connectivity index is 1.97. The predicted molar refractivity (Wildman–Crippen MR) is 56.6 cm³/mol. The Morgan fingerprint density at radius 1 is 1.27 bits per heavy atom. The van der Waals surface area contributed by atoms with Gasteiger partial charge in [0.15, 0.2) is 0 Å². The Morgan fingerprint density at radius 3 is 2.93 bits per heavy atom. The van der Waals surface area contributed by atoms with Gasteiger partial charge in [-0.25, -0.2) is 0 Å². The molecule has 1 fully saturated rings. The fraction of sp³-hybridized carbons (Fsp3) is 0.500. The van der Waals surface area contributed by atoms with Gasteiger partial charge in [0.25, 0.3) is 0 Å². The molecule has 0 saturated carbocycles. The largest absolute Gasteiger partial charge is 0.350 e. The van der Waals surface area contributed by atoms with Gasteiger partial charge in [0.2, 0.25) is 5.91 Å². The molecule has 0 aromatic rings. The van der Waals surface area contributed by atoms with Crippen LogP contribution in [0.15, 0.2) is 36.0 Å². The quantitative estimate of drug-likeness (QED) is 0.399. The van der Waals surface area contributed by atoms with Crippen LogP contribution in [-0.2, 0) is 0 Å². The molecule has 1 saturated heterocycles. The van der Waals surface area contributed by atoms with Crippen LogP contribution in [0.25, 0.3) is 0 Å². The maximum atomic E-state index is 9.71. The molecule has 0 aromatic carbocycles. The molecule has 0 bridgehead atoms. The fourth-order valence-corrected chi connectivity index (χ4v) is 2.96. The van der Waals surface area contributed by atoms with Gasteiger partial charge in [0.1, 0.15) is 0 Å². The number of hydrogen-bond donors (Lipinski definition) is 3. The molecular formula is C12H15NO2. The predicted octanol–water partition coefficient (Wildman–Crippen LogP) is 0.533. The van der Waals surface area contributed by atoms with Crippen molar-refractivity contribution in [1.82, 2.24) is 5.32 Å². The Kier molecular flexibility index (Phi) is 1.89. The van der Waals surface area contributed by atoms with Gasteiger partial charge in [0, 0.05) is 18.0 Å². The van der Waals surface area contributed by atoms with E-state index in [1.807, 2.05) is 6.08 Å². The van der Waals surface area contributed by atoms with E-state index in [1.54, 1.807) is 0 Å². The number of rotatable bonds is 0. The monoisotopic (exact) mass is 205 g/mol. The van der Waals surface area contributed by atoms with Crippen molar-refractivity contribution in [3.8, 4) is 0 Å². The molecule has 80 valence electrons. The van der Waals surface area contributed by atoms with Crippen LogP contribution < -0.4 is 5.32 Å². The summed E-state index contributed by atoms with van der Waals surface area (Å²) in [5.41, 5.74) is 0.753. The first-order valence-electron chi connectivity index (χ1n) is 5.44. The molecule has 1 heterocycles. The van der Waals surface area contributed by atoms with Gasteiger partial charge in [-0.3, -0.25) is 5.32 Å². The Morgan fingerprint density at radius 2 is 2.07 bits per heavy atom. The number of fused-ring (bicyclic) bond motifs is 3. The third-order valence-corrected chi connectivity index (χ3v) is 3.74. The maximum Gasteiger partial charge on any atom is 0.246 e. The van der Waals surface area contributed by atoms with E-state index in [1.165, 1.54) is 0 Å². The molecule has 15 heavy (non-hydrogen) atoms. The highest BCUT2D eigenvalue weighted by Gasteiger charge is 2.46. The van der Waals surface area contributed by atoms with Crippen LogP contribution in [0.2, 0.25) is 0 Å². The van der Waals surface area contributed by atoms with Gasteiger partial charge in [-0.1, -0.05) is 30.4 Å². The van der Waals surface area contributed by atoms with E-state index in [4.69, 9.17) is 0 Å². The molecule has 3 unspecified atom stereocenters. The lowest BCUT2D eigenvalue weighted by Crippen LogP contribution is -2.40. The van der Waals surface area contributed by atoms with Gasteiger partial charge >= 0.3 is 0 Å². The highest BCUT2D eigenvalue weighted by molar-refractivity contribution is 5.30. The third-order valence-electron chi connectivity index (χ3n) is 3.74. The van der Waals surface area contributed by atoms with Crippen molar-refractivity contribution in [2.45, 2.75) is 12.3 Å². The smallest absolute Gasteiger partial charge is 0.246 e. The molecule has 0 spiro atoms. The standard InChI is InChI=1S/C12H15NO2/c14-12(15)11-6-5-8-3-1-2-4-9(8)10(11)7-13-12/h1-4,6,8-10,13-15H,5,7H2. The lowest BCUT2D eigenvalue weighted by Gasteiger charge is -2.34. The summed E-state index contributed by atoms with van der Waals surface area (Å²) >= 11 is 0. The van der Waals surface area contributed by atoms with Crippen LogP contribution in [0.5, 0.6) is 0 Å². The molecule has 3 aliphatic rings. The summed E-state index contributed by atoms with van der Waals surface area (Å²) in [7, 11) is 0. The van der Waals surface area contributed by atoms with Crippen molar-refractivity contribution in [3.05, 3.63) is 36.0 Å². The average molecular weight is 205 g/mol. The number of allylic oxidation sites excluding steroid dienone is 5.